The van der Waals surface area contributed by atoms with Crippen LogP contribution in [0, 0.1) is 0 Å². The molecular formula is C21H30N4O6. The molecule has 31 heavy (non-hydrogen) atoms. The normalized spacial score (nSPS) is 20.6. The predicted octanol–water partition coefficient (Wildman–Crippen LogP) is -0.317. The third-order valence-electron chi connectivity index (χ3n) is 4.70. The minimum Gasteiger partial charge on any atom is -0.491 e. The van der Waals surface area contributed by atoms with Gasteiger partial charge in [-0.3, -0.25) is 19.2 Å². The molecular weight excluding hydrogens is 404 g/mol. The van der Waals surface area contributed by atoms with Crippen LogP contribution in [-0.4, -0.2) is 80.6 Å². The van der Waals surface area contributed by atoms with E-state index >= 15 is 0 Å². The largest absolute Gasteiger partial charge is 0.491 e. The number of nitrogens with zero attached hydrogens (tertiary/aromatic N) is 1. The predicted molar refractivity (Wildman–Crippen MR) is 113 cm³/mol. The highest BCUT2D eigenvalue weighted by molar-refractivity contribution is 6.01. The van der Waals surface area contributed by atoms with Crippen LogP contribution >= 0.6 is 0 Å². The summed E-state index contributed by atoms with van der Waals surface area (Å²) in [6.45, 7) is 4.89. The number of carbonyl (C=O) groups excluding carboxylic acids is 4. The van der Waals surface area contributed by atoms with Crippen molar-refractivity contribution < 1.29 is 28.7 Å². The van der Waals surface area contributed by atoms with Gasteiger partial charge in [0.25, 0.3) is 5.91 Å². The molecule has 0 aliphatic carbocycles. The van der Waals surface area contributed by atoms with Crippen LogP contribution in [0.15, 0.2) is 24.3 Å². The summed E-state index contributed by atoms with van der Waals surface area (Å²) in [4.78, 5) is 51.9. The summed E-state index contributed by atoms with van der Waals surface area (Å²) >= 11 is 0. The molecule has 10 nitrogen and oxygen atoms in total. The summed E-state index contributed by atoms with van der Waals surface area (Å²) < 4.78 is 10.9. The van der Waals surface area contributed by atoms with Crippen molar-refractivity contribution in [1.82, 2.24) is 20.9 Å². The number of benzene rings is 1. The zero-order valence-electron chi connectivity index (χ0n) is 18.1. The first-order valence-electron chi connectivity index (χ1n) is 10.3. The number of ether oxygens (including phenoxy) is 2. The number of carbonyl (C=O) groups is 4. The quantitative estimate of drug-likeness (QED) is 0.546. The number of fused-ring (bicyclic) bond motifs is 1. The SMILES string of the molecule is CCOCCNC(=O)[C@@H]1CC(=O)N[C@@H](C)C(=O)N(C)CCOc2ccccc2C(=O)N1. The van der Waals surface area contributed by atoms with Gasteiger partial charge in [-0.05, 0) is 26.0 Å². The van der Waals surface area contributed by atoms with E-state index in [1.54, 1.807) is 38.2 Å². The first-order chi connectivity index (χ1) is 14.8. The van der Waals surface area contributed by atoms with Crippen LogP contribution in [0.1, 0.15) is 30.6 Å². The summed E-state index contributed by atoms with van der Waals surface area (Å²) in [7, 11) is 1.60. The van der Waals surface area contributed by atoms with Gasteiger partial charge in [-0.15, -0.1) is 0 Å². The van der Waals surface area contributed by atoms with Gasteiger partial charge in [-0.1, -0.05) is 12.1 Å². The summed E-state index contributed by atoms with van der Waals surface area (Å²) in [6.07, 6.45) is -0.323. The molecule has 2 rings (SSSR count). The van der Waals surface area contributed by atoms with Crippen molar-refractivity contribution in [2.24, 2.45) is 0 Å². The monoisotopic (exact) mass is 434 g/mol. The topological polar surface area (TPSA) is 126 Å². The van der Waals surface area contributed by atoms with Gasteiger partial charge in [-0.25, -0.2) is 0 Å². The molecule has 0 saturated heterocycles. The summed E-state index contributed by atoms with van der Waals surface area (Å²) in [5.41, 5.74) is 0.231. The molecule has 1 aliphatic heterocycles. The van der Waals surface area contributed by atoms with Crippen molar-refractivity contribution in [3.63, 3.8) is 0 Å². The van der Waals surface area contributed by atoms with E-state index in [0.29, 0.717) is 19.0 Å². The molecule has 170 valence electrons. The number of likely N-dealkylation sites (N-methyl/N-ethyl adjacent to an activating group) is 1. The Hall–Kier alpha value is -3.14. The second-order valence-corrected chi connectivity index (χ2v) is 7.11. The average molecular weight is 434 g/mol. The van der Waals surface area contributed by atoms with Crippen LogP contribution in [0.4, 0.5) is 0 Å². The van der Waals surface area contributed by atoms with Gasteiger partial charge >= 0.3 is 0 Å². The number of hydrogen-bond donors (Lipinski definition) is 3. The minimum atomic E-state index is -1.13. The lowest BCUT2D eigenvalue weighted by molar-refractivity contribution is -0.135. The van der Waals surface area contributed by atoms with Crippen molar-refractivity contribution in [3.05, 3.63) is 29.8 Å². The number of para-hydroxylation sites is 1. The van der Waals surface area contributed by atoms with Crippen LogP contribution in [0.5, 0.6) is 5.75 Å². The Kier molecular flexibility index (Phi) is 9.26. The van der Waals surface area contributed by atoms with E-state index in [9.17, 15) is 19.2 Å². The lowest BCUT2D eigenvalue weighted by Gasteiger charge is -2.24. The van der Waals surface area contributed by atoms with Gasteiger partial charge in [0.15, 0.2) is 0 Å². The molecule has 0 spiro atoms. The Morgan fingerprint density at radius 2 is 2.00 bits per heavy atom. The molecule has 4 amide bonds. The van der Waals surface area contributed by atoms with Crippen molar-refractivity contribution in [3.8, 4) is 5.75 Å². The Bertz CT molecular complexity index is 800. The summed E-state index contributed by atoms with van der Waals surface area (Å²) in [5, 5.41) is 7.84. The van der Waals surface area contributed by atoms with Gasteiger partial charge in [0, 0.05) is 20.2 Å². The molecule has 3 N–H and O–H groups in total. The molecule has 10 heteroatoms. The summed E-state index contributed by atoms with van der Waals surface area (Å²) in [5.74, 6) is -1.55. The molecule has 0 saturated carbocycles. The first kappa shape index (κ1) is 24.1. The molecule has 1 aromatic rings. The molecule has 0 fully saturated rings. The van der Waals surface area contributed by atoms with E-state index in [0.717, 1.165) is 0 Å². The molecule has 1 heterocycles. The molecule has 2 atom stereocenters. The highest BCUT2D eigenvalue weighted by atomic mass is 16.5. The maximum atomic E-state index is 12.9. The smallest absolute Gasteiger partial charge is 0.255 e. The number of amides is 4. The van der Waals surface area contributed by atoms with Gasteiger partial charge in [0.2, 0.25) is 17.7 Å². The Balaban J connectivity index is 2.25. The Morgan fingerprint density at radius 1 is 1.26 bits per heavy atom. The van der Waals surface area contributed by atoms with Crippen molar-refractivity contribution in [1.29, 1.82) is 0 Å². The minimum absolute atomic E-state index is 0.161. The van der Waals surface area contributed by atoms with E-state index < -0.39 is 29.8 Å². The molecule has 0 aromatic heterocycles. The summed E-state index contributed by atoms with van der Waals surface area (Å²) in [6, 6.07) is 4.67. The van der Waals surface area contributed by atoms with Crippen LogP contribution in [0.25, 0.3) is 0 Å². The fraction of sp³-hybridized carbons (Fsp3) is 0.524. The van der Waals surface area contributed by atoms with Crippen molar-refractivity contribution in [2.45, 2.75) is 32.4 Å². The highest BCUT2D eigenvalue weighted by Crippen LogP contribution is 2.18. The molecule has 0 unspecified atom stereocenters. The molecule has 0 radical (unpaired) electrons. The van der Waals surface area contributed by atoms with E-state index in [1.807, 2.05) is 6.92 Å². The van der Waals surface area contributed by atoms with Crippen LogP contribution in [-0.2, 0) is 19.1 Å². The Morgan fingerprint density at radius 3 is 2.74 bits per heavy atom. The van der Waals surface area contributed by atoms with E-state index in [2.05, 4.69) is 16.0 Å². The highest BCUT2D eigenvalue weighted by Gasteiger charge is 2.28. The zero-order valence-corrected chi connectivity index (χ0v) is 18.1. The lowest BCUT2D eigenvalue weighted by Crippen LogP contribution is -2.52. The Labute approximate surface area is 181 Å². The number of nitrogens with one attached hydrogen (secondary N) is 3. The molecule has 1 aromatic carbocycles. The standard InChI is InChI=1S/C21H30N4O6/c1-4-30-11-9-22-20(28)16-13-18(26)23-14(2)21(29)25(3)10-12-31-17-8-6-5-7-15(17)19(27)24-16/h5-8,14,16H,4,9-13H2,1-3H3,(H,22,28)(H,23,26)(H,24,27)/t14-,16-/m0/s1. The first-order valence-corrected chi connectivity index (χ1v) is 10.3. The zero-order chi connectivity index (χ0) is 22.8. The van der Waals surface area contributed by atoms with Gasteiger partial charge in [0.1, 0.15) is 24.4 Å². The fourth-order valence-electron chi connectivity index (χ4n) is 3.02. The second-order valence-electron chi connectivity index (χ2n) is 7.11. The van der Waals surface area contributed by atoms with E-state index in [4.69, 9.17) is 9.47 Å². The third kappa shape index (κ3) is 7.25. The number of hydrogen-bond acceptors (Lipinski definition) is 6. The van der Waals surface area contributed by atoms with Crippen molar-refractivity contribution >= 4 is 23.6 Å². The lowest BCUT2D eigenvalue weighted by atomic mass is 10.1. The second kappa shape index (κ2) is 11.9. The van der Waals surface area contributed by atoms with Crippen molar-refractivity contribution in [2.75, 3.05) is 40.0 Å². The van der Waals surface area contributed by atoms with Gasteiger partial charge in [-0.2, -0.15) is 0 Å². The van der Waals surface area contributed by atoms with Crippen LogP contribution in [0.2, 0.25) is 0 Å². The maximum absolute atomic E-state index is 12.9. The van der Waals surface area contributed by atoms with Crippen LogP contribution < -0.4 is 20.7 Å². The van der Waals surface area contributed by atoms with E-state index in [-0.39, 0.29) is 37.6 Å². The van der Waals surface area contributed by atoms with Crippen LogP contribution in [0.3, 0.4) is 0 Å². The number of rotatable bonds is 5. The van der Waals surface area contributed by atoms with Gasteiger partial charge in [0.05, 0.1) is 25.1 Å². The maximum Gasteiger partial charge on any atom is 0.255 e. The third-order valence-corrected chi connectivity index (χ3v) is 4.70. The molecule has 0 bridgehead atoms. The van der Waals surface area contributed by atoms with E-state index in [1.165, 1.54) is 4.90 Å². The van der Waals surface area contributed by atoms with Gasteiger partial charge < -0.3 is 30.3 Å². The average Bonchev–Trinajstić information content (AvgIpc) is 2.75. The fourth-order valence-corrected chi connectivity index (χ4v) is 3.02. The molecule has 1 aliphatic rings.